The Morgan fingerprint density at radius 1 is 1.29 bits per heavy atom. The van der Waals surface area contributed by atoms with Crippen molar-refractivity contribution in [1.29, 1.82) is 0 Å². The van der Waals surface area contributed by atoms with Gasteiger partial charge in [0.25, 0.3) is 5.91 Å². The molecule has 0 aliphatic rings. The Kier molecular flexibility index (Phi) is 3.27. The van der Waals surface area contributed by atoms with Crippen LogP contribution in [0.5, 0.6) is 0 Å². The van der Waals surface area contributed by atoms with Crippen molar-refractivity contribution in [3.05, 3.63) is 63.8 Å². The number of nitrogens with one attached hydrogen (secondary N) is 1. The van der Waals surface area contributed by atoms with Crippen molar-refractivity contribution in [3.63, 3.8) is 0 Å². The largest absolute Gasteiger partial charge is 0.422 e. The second-order valence-electron chi connectivity index (χ2n) is 4.60. The van der Waals surface area contributed by atoms with Gasteiger partial charge >= 0.3 is 5.63 Å². The van der Waals surface area contributed by atoms with Crippen LogP contribution in [-0.4, -0.2) is 11.1 Å². The summed E-state index contributed by atoms with van der Waals surface area (Å²) in [7, 11) is 0. The molecule has 3 aromatic rings. The second kappa shape index (κ2) is 5.24. The molecule has 106 valence electrons. The van der Waals surface area contributed by atoms with Gasteiger partial charge in [-0.15, -0.1) is 0 Å². The van der Waals surface area contributed by atoms with Crippen molar-refractivity contribution < 1.29 is 13.7 Å². The van der Waals surface area contributed by atoms with E-state index in [1.165, 1.54) is 6.07 Å². The number of nitrogens with zero attached hydrogens (tertiary/aromatic N) is 1. The molecule has 1 aromatic carbocycles. The average molecular weight is 284 g/mol. The van der Waals surface area contributed by atoms with Crippen LogP contribution < -0.4 is 10.9 Å². The number of aromatic nitrogens is 1. The summed E-state index contributed by atoms with van der Waals surface area (Å²) in [5.41, 5.74) is 0.341. The summed E-state index contributed by atoms with van der Waals surface area (Å²) >= 11 is 0. The fourth-order valence-corrected chi connectivity index (χ4v) is 1.99. The highest BCUT2D eigenvalue weighted by Crippen LogP contribution is 2.12. The first-order chi connectivity index (χ1) is 10.1. The molecule has 2 aromatic heterocycles. The van der Waals surface area contributed by atoms with E-state index in [0.29, 0.717) is 22.4 Å². The van der Waals surface area contributed by atoms with Crippen LogP contribution in [0.25, 0.3) is 11.0 Å². The summed E-state index contributed by atoms with van der Waals surface area (Å²) < 4.78 is 10.0. The lowest BCUT2D eigenvalue weighted by atomic mass is 10.2. The van der Waals surface area contributed by atoms with Crippen molar-refractivity contribution in [3.8, 4) is 0 Å². The van der Waals surface area contributed by atoms with Crippen LogP contribution in [0.15, 0.2) is 50.1 Å². The first-order valence-corrected chi connectivity index (χ1v) is 6.37. The van der Waals surface area contributed by atoms with Gasteiger partial charge in [0.1, 0.15) is 22.6 Å². The Morgan fingerprint density at radius 3 is 2.86 bits per heavy atom. The van der Waals surface area contributed by atoms with Gasteiger partial charge in [0.05, 0.1) is 6.54 Å². The number of hydrogen-bond donors (Lipinski definition) is 1. The predicted molar refractivity (Wildman–Crippen MR) is 74.9 cm³/mol. The number of amides is 1. The van der Waals surface area contributed by atoms with Gasteiger partial charge in [0.15, 0.2) is 0 Å². The minimum Gasteiger partial charge on any atom is -0.422 e. The number of aryl methyl sites for hydroxylation is 1. The monoisotopic (exact) mass is 284 g/mol. The van der Waals surface area contributed by atoms with E-state index in [2.05, 4.69) is 10.5 Å². The van der Waals surface area contributed by atoms with E-state index < -0.39 is 11.5 Å². The molecule has 0 spiro atoms. The van der Waals surface area contributed by atoms with E-state index >= 15 is 0 Å². The molecule has 0 aliphatic heterocycles. The molecule has 0 fully saturated rings. The van der Waals surface area contributed by atoms with Gasteiger partial charge < -0.3 is 14.3 Å². The highest BCUT2D eigenvalue weighted by Gasteiger charge is 2.13. The zero-order chi connectivity index (χ0) is 14.8. The Labute approximate surface area is 119 Å². The summed E-state index contributed by atoms with van der Waals surface area (Å²) in [6.45, 7) is 1.94. The standard InChI is InChI=1S/C15H12N2O4/c1-9-6-11(17-21-9)8-16-14(18)12-7-10-4-2-3-5-13(10)20-15(12)19/h2-7H,8H2,1H3,(H,16,18). The number of fused-ring (bicyclic) bond motifs is 1. The number of benzene rings is 1. The van der Waals surface area contributed by atoms with E-state index in [1.807, 2.05) is 6.07 Å². The van der Waals surface area contributed by atoms with Crippen LogP contribution >= 0.6 is 0 Å². The topological polar surface area (TPSA) is 85.3 Å². The van der Waals surface area contributed by atoms with Crippen molar-refractivity contribution in [1.82, 2.24) is 10.5 Å². The normalized spacial score (nSPS) is 10.7. The third-order valence-corrected chi connectivity index (χ3v) is 2.99. The molecule has 3 rings (SSSR count). The minimum atomic E-state index is -0.664. The molecule has 21 heavy (non-hydrogen) atoms. The first kappa shape index (κ1) is 13.1. The fraction of sp³-hybridized carbons (Fsp3) is 0.133. The van der Waals surface area contributed by atoms with Crippen molar-refractivity contribution >= 4 is 16.9 Å². The van der Waals surface area contributed by atoms with Crippen LogP contribution in [0.1, 0.15) is 21.8 Å². The van der Waals surface area contributed by atoms with E-state index in [-0.39, 0.29) is 12.1 Å². The molecule has 0 bridgehead atoms. The van der Waals surface area contributed by atoms with E-state index in [0.717, 1.165) is 0 Å². The summed E-state index contributed by atoms with van der Waals surface area (Å²) in [6.07, 6.45) is 0. The SMILES string of the molecule is Cc1cc(CNC(=O)c2cc3ccccc3oc2=O)no1. The highest BCUT2D eigenvalue weighted by molar-refractivity contribution is 5.96. The predicted octanol–water partition coefficient (Wildman–Crippen LogP) is 2.02. The van der Waals surface area contributed by atoms with E-state index in [4.69, 9.17) is 8.94 Å². The molecule has 6 heteroatoms. The van der Waals surface area contributed by atoms with Gasteiger partial charge in [0, 0.05) is 11.5 Å². The average Bonchev–Trinajstić information content (AvgIpc) is 2.89. The Hall–Kier alpha value is -2.89. The fourth-order valence-electron chi connectivity index (χ4n) is 1.99. The van der Waals surface area contributed by atoms with Crippen LogP contribution in [0.3, 0.4) is 0 Å². The Balaban J connectivity index is 1.84. The summed E-state index contributed by atoms with van der Waals surface area (Å²) in [5, 5.41) is 7.07. The number of rotatable bonds is 3. The van der Waals surface area contributed by atoms with Gasteiger partial charge in [-0.1, -0.05) is 23.4 Å². The molecule has 2 heterocycles. The van der Waals surface area contributed by atoms with Gasteiger partial charge in [0.2, 0.25) is 0 Å². The van der Waals surface area contributed by atoms with Gasteiger partial charge in [-0.3, -0.25) is 4.79 Å². The van der Waals surface area contributed by atoms with Gasteiger partial charge in [-0.25, -0.2) is 4.79 Å². The zero-order valence-electron chi connectivity index (χ0n) is 11.3. The van der Waals surface area contributed by atoms with Crippen molar-refractivity contribution in [2.75, 3.05) is 0 Å². The molecule has 0 saturated carbocycles. The molecule has 1 amide bonds. The lowest BCUT2D eigenvalue weighted by Crippen LogP contribution is -2.27. The van der Waals surface area contributed by atoms with E-state index in [1.54, 1.807) is 31.2 Å². The van der Waals surface area contributed by atoms with Crippen LogP contribution in [0, 0.1) is 6.92 Å². The molecular formula is C15H12N2O4. The minimum absolute atomic E-state index is 0.0334. The maximum absolute atomic E-state index is 12.1. The molecule has 0 unspecified atom stereocenters. The molecule has 0 atom stereocenters. The maximum atomic E-state index is 12.1. The molecule has 0 radical (unpaired) electrons. The quantitative estimate of drug-likeness (QED) is 0.744. The molecule has 6 nitrogen and oxygen atoms in total. The number of carbonyl (C=O) groups excluding carboxylic acids is 1. The summed E-state index contributed by atoms with van der Waals surface area (Å²) in [4.78, 5) is 23.9. The van der Waals surface area contributed by atoms with Gasteiger partial charge in [-0.2, -0.15) is 0 Å². The van der Waals surface area contributed by atoms with Crippen LogP contribution in [0.2, 0.25) is 0 Å². The second-order valence-corrected chi connectivity index (χ2v) is 4.60. The third kappa shape index (κ3) is 2.69. The highest BCUT2D eigenvalue weighted by atomic mass is 16.5. The third-order valence-electron chi connectivity index (χ3n) is 2.99. The Morgan fingerprint density at radius 2 is 2.10 bits per heavy atom. The van der Waals surface area contributed by atoms with Gasteiger partial charge in [-0.05, 0) is 19.1 Å². The summed E-state index contributed by atoms with van der Waals surface area (Å²) in [5.74, 6) is 0.152. The van der Waals surface area contributed by atoms with Crippen LogP contribution in [-0.2, 0) is 6.54 Å². The summed E-state index contributed by atoms with van der Waals surface area (Å²) in [6, 6.07) is 10.3. The molecule has 1 N–H and O–H groups in total. The Bertz CT molecular complexity index is 863. The number of para-hydroxylation sites is 1. The molecule has 0 saturated heterocycles. The lowest BCUT2D eigenvalue weighted by Gasteiger charge is -2.03. The lowest BCUT2D eigenvalue weighted by molar-refractivity contribution is 0.0946. The van der Waals surface area contributed by atoms with Crippen molar-refractivity contribution in [2.45, 2.75) is 13.5 Å². The number of carbonyl (C=O) groups is 1. The number of hydrogen-bond acceptors (Lipinski definition) is 5. The first-order valence-electron chi connectivity index (χ1n) is 6.37. The molecular weight excluding hydrogens is 272 g/mol. The van der Waals surface area contributed by atoms with E-state index in [9.17, 15) is 9.59 Å². The zero-order valence-corrected chi connectivity index (χ0v) is 11.3. The van der Waals surface area contributed by atoms with Crippen molar-refractivity contribution in [2.24, 2.45) is 0 Å². The van der Waals surface area contributed by atoms with Crippen LogP contribution in [0.4, 0.5) is 0 Å². The molecule has 0 aliphatic carbocycles. The smallest absolute Gasteiger partial charge is 0.349 e. The maximum Gasteiger partial charge on any atom is 0.349 e.